The summed E-state index contributed by atoms with van der Waals surface area (Å²) in [4.78, 5) is 0. The number of nitrogens with zero attached hydrogens (tertiary/aromatic N) is 1. The molecule has 1 saturated heterocycles. The van der Waals surface area contributed by atoms with Gasteiger partial charge >= 0.3 is 0 Å². The van der Waals surface area contributed by atoms with Crippen molar-refractivity contribution in [2.24, 2.45) is 5.73 Å². The Hall–Kier alpha value is -0.900. The monoisotopic (exact) mass is 261 g/mol. The predicted molar refractivity (Wildman–Crippen MR) is 80.8 cm³/mol. The summed E-state index contributed by atoms with van der Waals surface area (Å²) in [6.07, 6.45) is 6.11. The molecular formula is C16H27N3. The van der Waals surface area contributed by atoms with Crippen LogP contribution in [-0.4, -0.2) is 30.2 Å². The number of hydrazine groups is 1. The van der Waals surface area contributed by atoms with Crippen molar-refractivity contribution in [1.82, 2.24) is 10.4 Å². The Morgan fingerprint density at radius 1 is 1.16 bits per heavy atom. The molecule has 1 aromatic carbocycles. The molecule has 3 nitrogen and oxygen atoms in total. The average molecular weight is 261 g/mol. The van der Waals surface area contributed by atoms with Crippen LogP contribution in [0.25, 0.3) is 0 Å². The van der Waals surface area contributed by atoms with Gasteiger partial charge in [0.05, 0.1) is 0 Å². The van der Waals surface area contributed by atoms with Gasteiger partial charge in [0.25, 0.3) is 0 Å². The van der Waals surface area contributed by atoms with Gasteiger partial charge < -0.3 is 5.73 Å². The van der Waals surface area contributed by atoms with Gasteiger partial charge in [0.1, 0.15) is 0 Å². The topological polar surface area (TPSA) is 41.3 Å². The summed E-state index contributed by atoms with van der Waals surface area (Å²) in [6, 6.07) is 10.7. The van der Waals surface area contributed by atoms with Crippen molar-refractivity contribution in [2.45, 2.75) is 44.6 Å². The first-order valence-electron chi connectivity index (χ1n) is 7.49. The van der Waals surface area contributed by atoms with E-state index in [1.807, 2.05) is 0 Å². The summed E-state index contributed by atoms with van der Waals surface area (Å²) >= 11 is 0. The zero-order chi connectivity index (χ0) is 13.6. The Kier molecular flexibility index (Phi) is 5.37. The van der Waals surface area contributed by atoms with Gasteiger partial charge in [-0.15, -0.1) is 0 Å². The molecule has 0 aliphatic carbocycles. The van der Waals surface area contributed by atoms with Crippen molar-refractivity contribution >= 4 is 0 Å². The van der Waals surface area contributed by atoms with E-state index in [2.05, 4.69) is 47.7 Å². The zero-order valence-electron chi connectivity index (χ0n) is 12.1. The Morgan fingerprint density at radius 3 is 2.47 bits per heavy atom. The van der Waals surface area contributed by atoms with Crippen LogP contribution in [0.2, 0.25) is 0 Å². The van der Waals surface area contributed by atoms with Gasteiger partial charge in [-0.2, -0.15) is 0 Å². The van der Waals surface area contributed by atoms with Crippen LogP contribution in [0, 0.1) is 0 Å². The van der Waals surface area contributed by atoms with E-state index in [1.54, 1.807) is 0 Å². The van der Waals surface area contributed by atoms with Crippen LogP contribution >= 0.6 is 0 Å². The smallest absolute Gasteiger partial charge is 0.0423 e. The van der Waals surface area contributed by atoms with Crippen molar-refractivity contribution < 1.29 is 0 Å². The average Bonchev–Trinajstić information content (AvgIpc) is 2.47. The van der Waals surface area contributed by atoms with Crippen molar-refractivity contribution in [1.29, 1.82) is 0 Å². The van der Waals surface area contributed by atoms with E-state index in [0.29, 0.717) is 6.54 Å². The van der Waals surface area contributed by atoms with E-state index in [4.69, 9.17) is 5.73 Å². The molecule has 3 N–H and O–H groups in total. The fourth-order valence-electron chi connectivity index (χ4n) is 2.66. The molecule has 1 aliphatic heterocycles. The third kappa shape index (κ3) is 4.60. The highest BCUT2D eigenvalue weighted by Gasteiger charge is 2.25. The second kappa shape index (κ2) is 7.04. The summed E-state index contributed by atoms with van der Waals surface area (Å²) in [6.45, 7) is 5.22. The number of hydrogen-bond acceptors (Lipinski definition) is 3. The maximum absolute atomic E-state index is 6.00. The first-order chi connectivity index (χ1) is 9.22. The molecule has 0 radical (unpaired) electrons. The van der Waals surface area contributed by atoms with Crippen molar-refractivity contribution in [3.8, 4) is 0 Å². The Balaban J connectivity index is 1.86. The van der Waals surface area contributed by atoms with Crippen LogP contribution < -0.4 is 11.2 Å². The normalized spacial score (nSPS) is 20.1. The van der Waals surface area contributed by atoms with Crippen LogP contribution in [0.15, 0.2) is 30.3 Å². The molecule has 0 bridgehead atoms. The third-order valence-corrected chi connectivity index (χ3v) is 4.04. The summed E-state index contributed by atoms with van der Waals surface area (Å²) in [7, 11) is 0. The number of nitrogens with two attached hydrogens (primary N) is 1. The van der Waals surface area contributed by atoms with Crippen molar-refractivity contribution in [3.63, 3.8) is 0 Å². The van der Waals surface area contributed by atoms with Gasteiger partial charge in [-0.05, 0) is 38.2 Å². The van der Waals surface area contributed by atoms with Crippen molar-refractivity contribution in [2.75, 3.05) is 19.6 Å². The fraction of sp³-hybridized carbons (Fsp3) is 0.625. The Bertz CT molecular complexity index is 360. The zero-order valence-corrected chi connectivity index (χ0v) is 12.1. The highest BCUT2D eigenvalue weighted by molar-refractivity contribution is 5.15. The molecular weight excluding hydrogens is 234 g/mol. The van der Waals surface area contributed by atoms with Crippen LogP contribution in [-0.2, 0) is 6.42 Å². The number of aryl methyl sites for hydroxylation is 1. The summed E-state index contributed by atoms with van der Waals surface area (Å²) in [5, 5.41) is 2.36. The van der Waals surface area contributed by atoms with Crippen LogP contribution in [0.5, 0.6) is 0 Å². The molecule has 1 unspecified atom stereocenters. The van der Waals surface area contributed by atoms with Gasteiger partial charge in [-0.1, -0.05) is 36.8 Å². The molecule has 0 saturated carbocycles. The minimum Gasteiger partial charge on any atom is -0.329 e. The van der Waals surface area contributed by atoms with Gasteiger partial charge in [-0.3, -0.25) is 0 Å². The Morgan fingerprint density at radius 2 is 1.84 bits per heavy atom. The molecule has 1 fully saturated rings. The van der Waals surface area contributed by atoms with Crippen LogP contribution in [0.4, 0.5) is 0 Å². The maximum atomic E-state index is 6.00. The fourth-order valence-corrected chi connectivity index (χ4v) is 2.66. The number of benzene rings is 1. The molecule has 1 aliphatic rings. The summed E-state index contributed by atoms with van der Waals surface area (Å²) in [5.74, 6) is 0. The lowest BCUT2D eigenvalue weighted by atomic mass is 9.94. The highest BCUT2D eigenvalue weighted by Crippen LogP contribution is 2.16. The van der Waals surface area contributed by atoms with Gasteiger partial charge in [0.2, 0.25) is 0 Å². The van der Waals surface area contributed by atoms with E-state index in [-0.39, 0.29) is 5.54 Å². The van der Waals surface area contributed by atoms with E-state index >= 15 is 0 Å². The van der Waals surface area contributed by atoms with Crippen molar-refractivity contribution in [3.05, 3.63) is 35.9 Å². The second-order valence-electron chi connectivity index (χ2n) is 5.91. The minimum atomic E-state index is 0.00712. The first kappa shape index (κ1) is 14.5. The molecule has 3 heteroatoms. The lowest BCUT2D eigenvalue weighted by Crippen LogP contribution is -2.57. The number of piperidine rings is 1. The standard InChI is InChI=1S/C16H27N3/c1-16(14-17,18-19-12-6-3-7-13-19)11-10-15-8-4-2-5-9-15/h2,4-5,8-9,18H,3,6-7,10-14,17H2,1H3. The predicted octanol–water partition coefficient (Wildman–Crippen LogP) is 2.33. The van der Waals surface area contributed by atoms with Gasteiger partial charge in [-0.25, -0.2) is 10.4 Å². The second-order valence-corrected chi connectivity index (χ2v) is 5.91. The van der Waals surface area contributed by atoms with E-state index in [9.17, 15) is 0 Å². The molecule has 0 amide bonds. The summed E-state index contributed by atoms with van der Waals surface area (Å²) < 4.78 is 0. The van der Waals surface area contributed by atoms with E-state index < -0.39 is 0 Å². The van der Waals surface area contributed by atoms with Crippen LogP contribution in [0.1, 0.15) is 38.2 Å². The van der Waals surface area contributed by atoms with Crippen LogP contribution in [0.3, 0.4) is 0 Å². The quantitative estimate of drug-likeness (QED) is 0.826. The highest BCUT2D eigenvalue weighted by atomic mass is 15.5. The lowest BCUT2D eigenvalue weighted by Gasteiger charge is -2.38. The molecule has 1 heterocycles. The first-order valence-corrected chi connectivity index (χ1v) is 7.49. The Labute approximate surface area is 117 Å². The number of hydrogen-bond donors (Lipinski definition) is 2. The minimum absolute atomic E-state index is 0.00712. The summed E-state index contributed by atoms with van der Waals surface area (Å²) in [5.41, 5.74) is 11.1. The molecule has 0 aromatic heterocycles. The van der Waals surface area contributed by atoms with Gasteiger partial charge in [0, 0.05) is 25.2 Å². The SMILES string of the molecule is CC(CN)(CCc1ccccc1)NN1CCCCC1. The molecule has 19 heavy (non-hydrogen) atoms. The lowest BCUT2D eigenvalue weighted by molar-refractivity contribution is 0.0868. The van der Waals surface area contributed by atoms with E-state index in [1.165, 1.54) is 24.8 Å². The molecule has 106 valence electrons. The van der Waals surface area contributed by atoms with Gasteiger partial charge in [0.15, 0.2) is 0 Å². The molecule has 1 aromatic rings. The third-order valence-electron chi connectivity index (χ3n) is 4.04. The van der Waals surface area contributed by atoms with E-state index in [0.717, 1.165) is 25.9 Å². The number of nitrogens with one attached hydrogen (secondary N) is 1. The largest absolute Gasteiger partial charge is 0.329 e. The molecule has 1 atom stereocenters. The maximum Gasteiger partial charge on any atom is 0.0423 e. The molecule has 0 spiro atoms. The molecule has 2 rings (SSSR count). The number of rotatable bonds is 6.